The first-order valence-corrected chi connectivity index (χ1v) is 8.57. The van der Waals surface area contributed by atoms with Crippen molar-refractivity contribution in [3.8, 4) is 0 Å². The Morgan fingerprint density at radius 1 is 1.39 bits per heavy atom. The van der Waals surface area contributed by atoms with Gasteiger partial charge in [0, 0.05) is 18.1 Å². The summed E-state index contributed by atoms with van der Waals surface area (Å²) in [4.78, 5) is 14.4. The number of halogens is 1. The van der Waals surface area contributed by atoms with Crippen molar-refractivity contribution < 1.29 is 9.90 Å². The van der Waals surface area contributed by atoms with E-state index in [0.717, 1.165) is 37.8 Å². The molecule has 0 radical (unpaired) electrons. The maximum atomic E-state index is 12.2. The van der Waals surface area contributed by atoms with Gasteiger partial charge >= 0.3 is 6.03 Å². The third kappa shape index (κ3) is 3.79. The van der Waals surface area contributed by atoms with Gasteiger partial charge in [0.25, 0.3) is 0 Å². The molecule has 126 valence electrons. The van der Waals surface area contributed by atoms with Gasteiger partial charge < -0.3 is 15.7 Å². The summed E-state index contributed by atoms with van der Waals surface area (Å²) in [7, 11) is 2.07. The van der Waals surface area contributed by atoms with Crippen molar-refractivity contribution in [2.45, 2.75) is 43.4 Å². The van der Waals surface area contributed by atoms with Gasteiger partial charge in [0.1, 0.15) is 0 Å². The van der Waals surface area contributed by atoms with Gasteiger partial charge in [-0.15, -0.1) is 0 Å². The van der Waals surface area contributed by atoms with Crippen LogP contribution in [0.4, 0.5) is 4.79 Å². The fourth-order valence-electron chi connectivity index (χ4n) is 3.47. The Hall–Kier alpha value is -1.30. The van der Waals surface area contributed by atoms with Gasteiger partial charge in [-0.25, -0.2) is 4.79 Å². The van der Waals surface area contributed by atoms with Crippen LogP contribution in [0.1, 0.15) is 37.3 Å². The van der Waals surface area contributed by atoms with Crippen molar-refractivity contribution >= 4 is 17.6 Å². The van der Waals surface area contributed by atoms with Gasteiger partial charge in [0.05, 0.1) is 17.7 Å². The van der Waals surface area contributed by atoms with E-state index in [2.05, 4.69) is 22.6 Å². The summed E-state index contributed by atoms with van der Waals surface area (Å²) in [6.45, 7) is 1.26. The minimum Gasteiger partial charge on any atom is -0.388 e. The van der Waals surface area contributed by atoms with Gasteiger partial charge in [0.15, 0.2) is 0 Å². The largest absolute Gasteiger partial charge is 0.388 e. The zero-order valence-electron chi connectivity index (χ0n) is 13.4. The van der Waals surface area contributed by atoms with Crippen LogP contribution in [0.25, 0.3) is 0 Å². The molecule has 2 amide bonds. The predicted octanol–water partition coefficient (Wildman–Crippen LogP) is 2.30. The highest BCUT2D eigenvalue weighted by Crippen LogP contribution is 2.32. The first-order chi connectivity index (χ1) is 11.0. The zero-order valence-corrected chi connectivity index (χ0v) is 14.1. The lowest BCUT2D eigenvalue weighted by atomic mass is 9.80. The molecule has 6 heteroatoms. The van der Waals surface area contributed by atoms with Crippen LogP contribution in [-0.4, -0.2) is 47.8 Å². The number of carbonyl (C=O) groups excluding carboxylic acids is 1. The molecular weight excluding hydrogens is 314 g/mol. The van der Waals surface area contributed by atoms with E-state index in [9.17, 15) is 9.90 Å². The van der Waals surface area contributed by atoms with Crippen molar-refractivity contribution in [3.63, 3.8) is 0 Å². The van der Waals surface area contributed by atoms with Crippen LogP contribution in [0.2, 0.25) is 5.02 Å². The molecule has 1 aromatic rings. The van der Waals surface area contributed by atoms with Gasteiger partial charge in [0.2, 0.25) is 0 Å². The minimum atomic E-state index is -0.695. The van der Waals surface area contributed by atoms with Crippen LogP contribution in [0.5, 0.6) is 0 Å². The highest BCUT2D eigenvalue weighted by atomic mass is 35.5. The summed E-state index contributed by atoms with van der Waals surface area (Å²) >= 11 is 5.96. The van der Waals surface area contributed by atoms with E-state index in [0.29, 0.717) is 11.6 Å². The van der Waals surface area contributed by atoms with Crippen molar-refractivity contribution in [1.29, 1.82) is 0 Å². The summed E-state index contributed by atoms with van der Waals surface area (Å²) in [5.41, 5.74) is 0.455. The number of hydrogen-bond acceptors (Lipinski definition) is 3. The highest BCUT2D eigenvalue weighted by molar-refractivity contribution is 6.30. The van der Waals surface area contributed by atoms with Crippen LogP contribution in [0, 0.1) is 0 Å². The van der Waals surface area contributed by atoms with Crippen LogP contribution in [-0.2, 0) is 0 Å². The Morgan fingerprint density at radius 2 is 2.09 bits per heavy atom. The van der Waals surface area contributed by atoms with Crippen molar-refractivity contribution in [2.75, 3.05) is 20.1 Å². The number of urea groups is 1. The number of benzene rings is 1. The number of likely N-dealkylation sites (N-methyl/N-ethyl adjacent to an activating group) is 1. The average molecular weight is 338 g/mol. The third-order valence-electron chi connectivity index (χ3n) is 5.04. The van der Waals surface area contributed by atoms with Gasteiger partial charge in [-0.2, -0.15) is 0 Å². The lowest BCUT2D eigenvalue weighted by molar-refractivity contribution is -0.0290. The van der Waals surface area contributed by atoms with Gasteiger partial charge in [-0.05, 0) is 50.4 Å². The molecule has 0 bridgehead atoms. The molecule has 3 rings (SSSR count). The van der Waals surface area contributed by atoms with Crippen molar-refractivity contribution in [2.24, 2.45) is 0 Å². The smallest absolute Gasteiger partial charge is 0.315 e. The maximum absolute atomic E-state index is 12.2. The third-order valence-corrected chi connectivity index (χ3v) is 5.29. The molecule has 2 aliphatic rings. The van der Waals surface area contributed by atoms with Gasteiger partial charge in [-0.3, -0.25) is 4.90 Å². The Morgan fingerprint density at radius 3 is 2.70 bits per heavy atom. The van der Waals surface area contributed by atoms with Crippen molar-refractivity contribution in [1.82, 2.24) is 15.5 Å². The Balaban J connectivity index is 1.59. The minimum absolute atomic E-state index is 0.0530. The predicted molar refractivity (Wildman–Crippen MR) is 90.6 cm³/mol. The number of rotatable bonds is 4. The summed E-state index contributed by atoms with van der Waals surface area (Å²) < 4.78 is 0. The molecule has 0 aromatic heterocycles. The topological polar surface area (TPSA) is 64.6 Å². The fraction of sp³-hybridized carbons (Fsp3) is 0.588. The van der Waals surface area contributed by atoms with E-state index in [1.807, 2.05) is 24.3 Å². The zero-order chi connectivity index (χ0) is 16.4. The summed E-state index contributed by atoms with van der Waals surface area (Å²) in [5, 5.41) is 16.6. The second-order valence-electron chi connectivity index (χ2n) is 6.78. The lowest BCUT2D eigenvalue weighted by Gasteiger charge is -2.36. The van der Waals surface area contributed by atoms with E-state index in [-0.39, 0.29) is 18.1 Å². The molecule has 2 unspecified atom stereocenters. The number of aliphatic hydroxyl groups is 1. The molecule has 1 saturated carbocycles. The van der Waals surface area contributed by atoms with E-state index >= 15 is 0 Å². The second kappa shape index (κ2) is 6.67. The van der Waals surface area contributed by atoms with E-state index in [4.69, 9.17) is 11.6 Å². The number of carbonyl (C=O) groups is 1. The standard InChI is InChI=1S/C17H24ClN3O2/c1-21-10-7-14(15(21)12-3-5-13(18)6-4-12)20-16(22)19-11-17(23)8-2-9-17/h3-6,14-15,23H,2,7-11H2,1H3,(H2,19,20,22). The molecule has 1 aliphatic heterocycles. The van der Waals surface area contributed by atoms with Crippen LogP contribution in [0.15, 0.2) is 24.3 Å². The Labute approximate surface area is 142 Å². The highest BCUT2D eigenvalue weighted by Gasteiger charge is 2.36. The van der Waals surface area contributed by atoms with Crippen molar-refractivity contribution in [3.05, 3.63) is 34.9 Å². The average Bonchev–Trinajstić information content (AvgIpc) is 2.85. The van der Waals surface area contributed by atoms with Crippen LogP contribution in [0.3, 0.4) is 0 Å². The molecule has 1 heterocycles. The molecule has 1 saturated heterocycles. The second-order valence-corrected chi connectivity index (χ2v) is 7.21. The lowest BCUT2D eigenvalue weighted by Crippen LogP contribution is -2.52. The monoisotopic (exact) mass is 337 g/mol. The van der Waals surface area contributed by atoms with Crippen LogP contribution >= 0.6 is 11.6 Å². The SMILES string of the molecule is CN1CCC(NC(=O)NCC2(O)CCC2)C1c1ccc(Cl)cc1. The number of likely N-dealkylation sites (tertiary alicyclic amines) is 1. The summed E-state index contributed by atoms with van der Waals surface area (Å²) in [6, 6.07) is 7.78. The molecule has 1 aromatic carbocycles. The number of hydrogen-bond donors (Lipinski definition) is 3. The molecule has 1 aliphatic carbocycles. The normalized spacial score (nSPS) is 26.6. The number of amides is 2. The molecule has 23 heavy (non-hydrogen) atoms. The van der Waals surface area contributed by atoms with E-state index < -0.39 is 5.60 Å². The number of nitrogens with zero attached hydrogens (tertiary/aromatic N) is 1. The first-order valence-electron chi connectivity index (χ1n) is 8.19. The van der Waals surface area contributed by atoms with E-state index in [1.165, 1.54) is 0 Å². The molecular formula is C17H24ClN3O2. The van der Waals surface area contributed by atoms with Gasteiger partial charge in [-0.1, -0.05) is 23.7 Å². The van der Waals surface area contributed by atoms with Crippen LogP contribution < -0.4 is 10.6 Å². The molecule has 3 N–H and O–H groups in total. The first kappa shape index (κ1) is 16.6. The number of nitrogens with one attached hydrogen (secondary N) is 2. The summed E-state index contributed by atoms with van der Waals surface area (Å²) in [5.74, 6) is 0. The summed E-state index contributed by atoms with van der Waals surface area (Å²) in [6.07, 6.45) is 3.48. The quantitative estimate of drug-likeness (QED) is 0.790. The Bertz CT molecular complexity index is 559. The molecule has 2 fully saturated rings. The molecule has 2 atom stereocenters. The molecule has 5 nitrogen and oxygen atoms in total. The Kier molecular flexibility index (Phi) is 4.80. The molecule has 0 spiro atoms. The van der Waals surface area contributed by atoms with E-state index in [1.54, 1.807) is 0 Å². The fourth-order valence-corrected chi connectivity index (χ4v) is 3.60. The maximum Gasteiger partial charge on any atom is 0.315 e.